The molecule has 3 aromatic rings. The predicted molar refractivity (Wildman–Crippen MR) is 113 cm³/mol. The number of aryl methyl sites for hydroxylation is 2. The number of hydrogen-bond donors (Lipinski definition) is 2. The molecule has 142 valence electrons. The SMILES string of the molecule is Cc1ccc(NC(=O)c2ccc(C(=O)NC(C)c3ccccc3)cc2)c(C)c1. The molecule has 3 aromatic carbocycles. The Morgan fingerprint density at radius 3 is 2.00 bits per heavy atom. The summed E-state index contributed by atoms with van der Waals surface area (Å²) in [6.45, 7) is 5.92. The summed E-state index contributed by atoms with van der Waals surface area (Å²) in [7, 11) is 0. The van der Waals surface area contributed by atoms with Gasteiger partial charge in [0.1, 0.15) is 0 Å². The second kappa shape index (κ2) is 8.53. The average molecular weight is 372 g/mol. The highest BCUT2D eigenvalue weighted by atomic mass is 16.2. The lowest BCUT2D eigenvalue weighted by molar-refractivity contribution is 0.0938. The molecule has 0 heterocycles. The van der Waals surface area contributed by atoms with Crippen molar-refractivity contribution in [1.29, 1.82) is 0 Å². The Morgan fingerprint density at radius 1 is 0.786 bits per heavy atom. The summed E-state index contributed by atoms with van der Waals surface area (Å²) in [5.74, 6) is -0.366. The first-order chi connectivity index (χ1) is 13.4. The number of anilines is 1. The second-order valence-electron chi connectivity index (χ2n) is 6.96. The fraction of sp³-hybridized carbons (Fsp3) is 0.167. The van der Waals surface area contributed by atoms with Crippen LogP contribution in [0.1, 0.15) is 50.4 Å². The van der Waals surface area contributed by atoms with E-state index in [2.05, 4.69) is 10.6 Å². The van der Waals surface area contributed by atoms with E-state index < -0.39 is 0 Å². The van der Waals surface area contributed by atoms with Crippen molar-refractivity contribution in [2.24, 2.45) is 0 Å². The van der Waals surface area contributed by atoms with Crippen LogP contribution in [0.25, 0.3) is 0 Å². The zero-order chi connectivity index (χ0) is 20.1. The molecule has 0 aliphatic carbocycles. The van der Waals surface area contributed by atoms with Crippen molar-refractivity contribution in [1.82, 2.24) is 5.32 Å². The van der Waals surface area contributed by atoms with Crippen LogP contribution in [0, 0.1) is 13.8 Å². The lowest BCUT2D eigenvalue weighted by atomic mass is 10.1. The minimum atomic E-state index is -0.198. The first-order valence-electron chi connectivity index (χ1n) is 9.28. The standard InChI is InChI=1S/C24H24N2O2/c1-16-9-14-22(17(2)15-16)26-24(28)21-12-10-20(11-13-21)23(27)25-18(3)19-7-5-4-6-8-19/h4-15,18H,1-3H3,(H,25,27)(H,26,28). The zero-order valence-corrected chi connectivity index (χ0v) is 16.3. The van der Waals surface area contributed by atoms with Crippen molar-refractivity contribution >= 4 is 17.5 Å². The first-order valence-corrected chi connectivity index (χ1v) is 9.28. The first kappa shape index (κ1) is 19.4. The Morgan fingerprint density at radius 2 is 1.39 bits per heavy atom. The third kappa shape index (κ3) is 4.65. The lowest BCUT2D eigenvalue weighted by Gasteiger charge is -2.14. The van der Waals surface area contributed by atoms with Crippen LogP contribution in [-0.4, -0.2) is 11.8 Å². The topological polar surface area (TPSA) is 58.2 Å². The van der Waals surface area contributed by atoms with Gasteiger partial charge >= 0.3 is 0 Å². The van der Waals surface area contributed by atoms with Gasteiger partial charge in [-0.15, -0.1) is 0 Å². The molecule has 0 bridgehead atoms. The van der Waals surface area contributed by atoms with Crippen molar-refractivity contribution in [2.75, 3.05) is 5.32 Å². The molecule has 4 heteroatoms. The van der Waals surface area contributed by atoms with Gasteiger partial charge in [0.05, 0.1) is 6.04 Å². The summed E-state index contributed by atoms with van der Waals surface area (Å²) in [6, 6.07) is 22.3. The number of amides is 2. The van der Waals surface area contributed by atoms with E-state index in [1.807, 2.05) is 69.3 Å². The number of nitrogens with one attached hydrogen (secondary N) is 2. The normalized spacial score (nSPS) is 11.5. The third-order valence-corrected chi connectivity index (χ3v) is 4.69. The van der Waals surface area contributed by atoms with E-state index in [1.165, 1.54) is 0 Å². The van der Waals surface area contributed by atoms with Gasteiger partial charge in [0.2, 0.25) is 0 Å². The van der Waals surface area contributed by atoms with Crippen molar-refractivity contribution < 1.29 is 9.59 Å². The van der Waals surface area contributed by atoms with E-state index in [0.29, 0.717) is 11.1 Å². The molecule has 0 aromatic heterocycles. The zero-order valence-electron chi connectivity index (χ0n) is 16.3. The van der Waals surface area contributed by atoms with Crippen LogP contribution in [0.4, 0.5) is 5.69 Å². The number of benzene rings is 3. The largest absolute Gasteiger partial charge is 0.346 e. The number of carbonyl (C=O) groups excluding carboxylic acids is 2. The van der Waals surface area contributed by atoms with Crippen molar-refractivity contribution in [3.63, 3.8) is 0 Å². The van der Waals surface area contributed by atoms with Crippen LogP contribution in [0.5, 0.6) is 0 Å². The molecule has 1 atom stereocenters. The lowest BCUT2D eigenvalue weighted by Crippen LogP contribution is -2.26. The molecule has 2 amide bonds. The highest BCUT2D eigenvalue weighted by molar-refractivity contribution is 6.05. The minimum Gasteiger partial charge on any atom is -0.346 e. The fourth-order valence-electron chi connectivity index (χ4n) is 3.03. The van der Waals surface area contributed by atoms with Crippen molar-refractivity contribution in [2.45, 2.75) is 26.8 Å². The van der Waals surface area contributed by atoms with Gasteiger partial charge in [0, 0.05) is 16.8 Å². The third-order valence-electron chi connectivity index (χ3n) is 4.69. The van der Waals surface area contributed by atoms with Gasteiger partial charge in [-0.25, -0.2) is 0 Å². The van der Waals surface area contributed by atoms with Crippen LogP contribution in [0.15, 0.2) is 72.8 Å². The summed E-state index contributed by atoms with van der Waals surface area (Å²) in [5, 5.41) is 5.89. The van der Waals surface area contributed by atoms with E-state index in [0.717, 1.165) is 22.4 Å². The molecule has 0 radical (unpaired) electrons. The Hall–Kier alpha value is -3.40. The smallest absolute Gasteiger partial charge is 0.255 e. The highest BCUT2D eigenvalue weighted by Gasteiger charge is 2.13. The summed E-state index contributed by atoms with van der Waals surface area (Å²) in [4.78, 5) is 24.9. The molecule has 3 rings (SSSR count). The van der Waals surface area contributed by atoms with Gasteiger partial charge in [0.15, 0.2) is 0 Å². The molecule has 2 N–H and O–H groups in total. The maximum absolute atomic E-state index is 12.5. The Kier molecular flexibility index (Phi) is 5.90. The molecule has 28 heavy (non-hydrogen) atoms. The molecule has 0 fully saturated rings. The van der Waals surface area contributed by atoms with Crippen molar-refractivity contribution in [3.05, 3.63) is 101 Å². The second-order valence-corrected chi connectivity index (χ2v) is 6.96. The quantitative estimate of drug-likeness (QED) is 0.659. The molecule has 4 nitrogen and oxygen atoms in total. The Labute approximate surface area is 165 Å². The fourth-order valence-corrected chi connectivity index (χ4v) is 3.03. The molecule has 0 saturated heterocycles. The molecule has 0 aliphatic heterocycles. The van der Waals surface area contributed by atoms with Gasteiger partial charge in [0.25, 0.3) is 11.8 Å². The Balaban J connectivity index is 1.65. The van der Waals surface area contributed by atoms with Crippen LogP contribution in [-0.2, 0) is 0 Å². The molecule has 0 saturated carbocycles. The van der Waals surface area contributed by atoms with E-state index in [4.69, 9.17) is 0 Å². The van der Waals surface area contributed by atoms with E-state index in [9.17, 15) is 9.59 Å². The highest BCUT2D eigenvalue weighted by Crippen LogP contribution is 2.18. The van der Waals surface area contributed by atoms with Gasteiger partial charge in [-0.05, 0) is 62.2 Å². The molecule has 0 aliphatic rings. The molecule has 0 spiro atoms. The predicted octanol–water partition coefficient (Wildman–Crippen LogP) is 5.05. The maximum Gasteiger partial charge on any atom is 0.255 e. The molecule has 1 unspecified atom stereocenters. The van der Waals surface area contributed by atoms with E-state index >= 15 is 0 Å². The average Bonchev–Trinajstić information content (AvgIpc) is 2.70. The van der Waals surface area contributed by atoms with Crippen LogP contribution in [0.2, 0.25) is 0 Å². The molecular weight excluding hydrogens is 348 g/mol. The van der Waals surface area contributed by atoms with Gasteiger partial charge in [-0.2, -0.15) is 0 Å². The maximum atomic E-state index is 12.5. The number of hydrogen-bond acceptors (Lipinski definition) is 2. The van der Waals surface area contributed by atoms with Crippen LogP contribution >= 0.6 is 0 Å². The summed E-state index contributed by atoms with van der Waals surface area (Å²) in [5.41, 5.74) is 5.02. The summed E-state index contributed by atoms with van der Waals surface area (Å²) < 4.78 is 0. The van der Waals surface area contributed by atoms with Gasteiger partial charge < -0.3 is 10.6 Å². The van der Waals surface area contributed by atoms with Gasteiger partial charge in [-0.1, -0.05) is 48.0 Å². The van der Waals surface area contributed by atoms with Crippen LogP contribution in [0.3, 0.4) is 0 Å². The summed E-state index contributed by atoms with van der Waals surface area (Å²) in [6.07, 6.45) is 0. The summed E-state index contributed by atoms with van der Waals surface area (Å²) >= 11 is 0. The van der Waals surface area contributed by atoms with Crippen molar-refractivity contribution in [3.8, 4) is 0 Å². The van der Waals surface area contributed by atoms with E-state index in [1.54, 1.807) is 24.3 Å². The monoisotopic (exact) mass is 372 g/mol. The molecular formula is C24H24N2O2. The van der Waals surface area contributed by atoms with E-state index in [-0.39, 0.29) is 17.9 Å². The number of rotatable bonds is 5. The minimum absolute atomic E-state index is 0.0961. The number of carbonyl (C=O) groups is 2. The van der Waals surface area contributed by atoms with Crippen LogP contribution < -0.4 is 10.6 Å². The van der Waals surface area contributed by atoms with Gasteiger partial charge in [-0.3, -0.25) is 9.59 Å². The Bertz CT molecular complexity index is 979.